The lowest BCUT2D eigenvalue weighted by Gasteiger charge is -2.24. The van der Waals surface area contributed by atoms with Crippen LogP contribution in [-0.4, -0.2) is 51.9 Å². The number of carbonyl (C=O) groups excluding carboxylic acids is 1. The third kappa shape index (κ3) is 4.51. The molecule has 2 atom stereocenters. The molecule has 9 heteroatoms. The summed E-state index contributed by atoms with van der Waals surface area (Å²) in [5.41, 5.74) is -0.849. The van der Waals surface area contributed by atoms with Gasteiger partial charge in [0.05, 0.1) is 18.0 Å². The van der Waals surface area contributed by atoms with E-state index in [0.29, 0.717) is 0 Å². The Kier molecular flexibility index (Phi) is 4.67. The third-order valence-corrected chi connectivity index (χ3v) is 3.05. The van der Waals surface area contributed by atoms with Crippen LogP contribution in [-0.2, 0) is 4.74 Å². The Labute approximate surface area is 132 Å². The number of hydrogen-bond acceptors (Lipinski definition) is 6. The summed E-state index contributed by atoms with van der Waals surface area (Å²) in [4.78, 5) is 26.9. The summed E-state index contributed by atoms with van der Waals surface area (Å²) in [6.45, 7) is 5.06. The second-order valence-electron chi connectivity index (χ2n) is 6.17. The van der Waals surface area contributed by atoms with Gasteiger partial charge >= 0.3 is 6.09 Å². The van der Waals surface area contributed by atoms with Crippen LogP contribution in [0, 0.1) is 10.1 Å². The lowest BCUT2D eigenvalue weighted by Crippen LogP contribution is -2.36. The smallest absolute Gasteiger partial charge is 0.410 e. The normalized spacial score (nSPS) is 21.1. The number of amides is 1. The van der Waals surface area contributed by atoms with Crippen LogP contribution >= 0.6 is 0 Å². The minimum absolute atomic E-state index is 0.0226. The zero-order chi connectivity index (χ0) is 17.2. The van der Waals surface area contributed by atoms with Crippen LogP contribution < -0.4 is 4.74 Å². The first-order valence-electron chi connectivity index (χ1n) is 7.05. The highest BCUT2D eigenvalue weighted by molar-refractivity contribution is 5.68. The predicted molar refractivity (Wildman–Crippen MR) is 78.0 cm³/mol. The molecule has 23 heavy (non-hydrogen) atoms. The van der Waals surface area contributed by atoms with Gasteiger partial charge in [-0.3, -0.25) is 10.1 Å². The number of alkyl halides is 1. The molecular weight excluding hydrogens is 309 g/mol. The van der Waals surface area contributed by atoms with Crippen molar-refractivity contribution >= 4 is 11.8 Å². The molecule has 0 aliphatic carbocycles. The zero-order valence-corrected chi connectivity index (χ0v) is 13.1. The number of halogens is 1. The molecule has 1 amide bonds. The minimum atomic E-state index is -1.39. The maximum absolute atomic E-state index is 14.0. The highest BCUT2D eigenvalue weighted by atomic mass is 19.1. The van der Waals surface area contributed by atoms with Crippen molar-refractivity contribution in [3.8, 4) is 5.88 Å². The molecule has 1 aromatic rings. The number of hydrogen-bond donors (Lipinski definition) is 0. The topological polar surface area (TPSA) is 94.8 Å². The number of aromatic nitrogens is 1. The summed E-state index contributed by atoms with van der Waals surface area (Å²) in [5, 5.41) is 10.5. The predicted octanol–water partition coefficient (Wildman–Crippen LogP) is 2.33. The third-order valence-electron chi connectivity index (χ3n) is 3.05. The van der Waals surface area contributed by atoms with Crippen LogP contribution in [0.1, 0.15) is 20.8 Å². The van der Waals surface area contributed by atoms with E-state index in [1.807, 2.05) is 0 Å². The number of likely N-dealkylation sites (tertiary alicyclic amines) is 1. The van der Waals surface area contributed by atoms with Crippen LogP contribution in [0.2, 0.25) is 0 Å². The van der Waals surface area contributed by atoms with Crippen molar-refractivity contribution in [1.29, 1.82) is 0 Å². The minimum Gasteiger partial charge on any atom is -0.469 e. The SMILES string of the molecule is CC(C)(C)OC(=O)N1C[C@H](F)[C@H](Oc2ccc([N+](=O)[O-])cn2)C1. The molecule has 0 unspecified atom stereocenters. The van der Waals surface area contributed by atoms with E-state index in [-0.39, 0.29) is 24.7 Å². The molecule has 1 aromatic heterocycles. The Morgan fingerprint density at radius 3 is 2.65 bits per heavy atom. The molecule has 1 fully saturated rings. The summed E-state index contributed by atoms with van der Waals surface area (Å²) >= 11 is 0. The maximum atomic E-state index is 14.0. The van der Waals surface area contributed by atoms with Crippen molar-refractivity contribution in [1.82, 2.24) is 9.88 Å². The van der Waals surface area contributed by atoms with Crippen molar-refractivity contribution in [3.63, 3.8) is 0 Å². The lowest BCUT2D eigenvalue weighted by atomic mass is 10.2. The van der Waals surface area contributed by atoms with E-state index in [2.05, 4.69) is 4.98 Å². The fraction of sp³-hybridized carbons (Fsp3) is 0.571. The van der Waals surface area contributed by atoms with E-state index in [4.69, 9.17) is 9.47 Å². The van der Waals surface area contributed by atoms with Gasteiger partial charge in [-0.25, -0.2) is 14.2 Å². The molecule has 0 N–H and O–H groups in total. The van der Waals surface area contributed by atoms with Crippen molar-refractivity contribution in [2.24, 2.45) is 0 Å². The van der Waals surface area contributed by atoms with Crippen molar-refractivity contribution in [2.75, 3.05) is 13.1 Å². The molecule has 2 rings (SSSR count). The summed E-state index contributed by atoms with van der Waals surface area (Å²) in [6, 6.07) is 2.51. The molecule has 2 heterocycles. The Hall–Kier alpha value is -2.45. The van der Waals surface area contributed by atoms with E-state index in [9.17, 15) is 19.3 Å². The molecule has 0 radical (unpaired) electrons. The first kappa shape index (κ1) is 16.9. The van der Waals surface area contributed by atoms with Crippen molar-refractivity contribution < 1.29 is 23.6 Å². The molecular formula is C14H18FN3O5. The molecule has 0 saturated carbocycles. The van der Waals surface area contributed by atoms with Crippen LogP contribution in [0.25, 0.3) is 0 Å². The van der Waals surface area contributed by atoms with E-state index in [1.165, 1.54) is 17.0 Å². The highest BCUT2D eigenvalue weighted by Crippen LogP contribution is 2.22. The van der Waals surface area contributed by atoms with Gasteiger partial charge in [-0.15, -0.1) is 0 Å². The van der Waals surface area contributed by atoms with Gasteiger partial charge in [0.15, 0.2) is 12.3 Å². The summed E-state index contributed by atoms with van der Waals surface area (Å²) in [5.74, 6) is 0.0642. The first-order chi connectivity index (χ1) is 10.7. The second-order valence-corrected chi connectivity index (χ2v) is 6.17. The molecule has 0 bridgehead atoms. The van der Waals surface area contributed by atoms with Gasteiger partial charge < -0.3 is 14.4 Å². The molecule has 8 nitrogen and oxygen atoms in total. The summed E-state index contributed by atoms with van der Waals surface area (Å²) in [7, 11) is 0. The standard InChI is InChI=1S/C14H18FN3O5/c1-14(2,3)23-13(19)17-7-10(15)11(8-17)22-12-5-4-9(6-16-12)18(20)21/h4-6,10-11H,7-8H2,1-3H3/t10-,11+/m0/s1. The Morgan fingerprint density at radius 1 is 1.43 bits per heavy atom. The molecule has 0 aromatic carbocycles. The maximum Gasteiger partial charge on any atom is 0.410 e. The van der Waals surface area contributed by atoms with Gasteiger partial charge in [0.25, 0.3) is 5.69 Å². The van der Waals surface area contributed by atoms with E-state index < -0.39 is 28.9 Å². The largest absolute Gasteiger partial charge is 0.469 e. The number of nitrogens with zero attached hydrogens (tertiary/aromatic N) is 3. The zero-order valence-electron chi connectivity index (χ0n) is 13.1. The average molecular weight is 327 g/mol. The van der Waals surface area contributed by atoms with Crippen molar-refractivity contribution in [2.45, 2.75) is 38.6 Å². The summed E-state index contributed by atoms with van der Waals surface area (Å²) < 4.78 is 24.6. The molecule has 1 aliphatic heterocycles. The number of rotatable bonds is 3. The fourth-order valence-electron chi connectivity index (χ4n) is 2.03. The summed E-state index contributed by atoms with van der Waals surface area (Å²) in [6.07, 6.45) is -1.86. The molecule has 0 spiro atoms. The van der Waals surface area contributed by atoms with E-state index in [0.717, 1.165) is 6.20 Å². The fourth-order valence-corrected chi connectivity index (χ4v) is 2.03. The number of nitro groups is 1. The van der Waals surface area contributed by atoms with E-state index in [1.54, 1.807) is 20.8 Å². The van der Waals surface area contributed by atoms with Gasteiger partial charge in [-0.2, -0.15) is 0 Å². The van der Waals surface area contributed by atoms with E-state index >= 15 is 0 Å². The first-order valence-corrected chi connectivity index (χ1v) is 7.05. The van der Waals surface area contributed by atoms with Crippen LogP contribution in [0.3, 0.4) is 0 Å². The quantitative estimate of drug-likeness (QED) is 0.624. The average Bonchev–Trinajstić information content (AvgIpc) is 2.79. The van der Waals surface area contributed by atoms with Gasteiger partial charge in [0.2, 0.25) is 5.88 Å². The Morgan fingerprint density at radius 2 is 2.13 bits per heavy atom. The van der Waals surface area contributed by atoms with Gasteiger partial charge in [-0.1, -0.05) is 0 Å². The number of pyridine rings is 1. The van der Waals surface area contributed by atoms with Gasteiger partial charge in [-0.05, 0) is 20.8 Å². The Balaban J connectivity index is 1.96. The molecule has 1 saturated heterocycles. The van der Waals surface area contributed by atoms with Gasteiger partial charge in [0.1, 0.15) is 11.8 Å². The van der Waals surface area contributed by atoms with Crippen LogP contribution in [0.15, 0.2) is 18.3 Å². The molecule has 1 aliphatic rings. The number of carbonyl (C=O) groups is 1. The van der Waals surface area contributed by atoms with Crippen molar-refractivity contribution in [3.05, 3.63) is 28.4 Å². The lowest BCUT2D eigenvalue weighted by molar-refractivity contribution is -0.385. The monoisotopic (exact) mass is 327 g/mol. The van der Waals surface area contributed by atoms with Crippen LogP contribution in [0.5, 0.6) is 5.88 Å². The van der Waals surface area contributed by atoms with Gasteiger partial charge in [0, 0.05) is 12.1 Å². The second kappa shape index (κ2) is 6.35. The molecule has 126 valence electrons. The Bertz CT molecular complexity index is 587. The van der Waals surface area contributed by atoms with Crippen LogP contribution in [0.4, 0.5) is 14.9 Å². The number of ether oxygens (including phenoxy) is 2. The highest BCUT2D eigenvalue weighted by Gasteiger charge is 2.39.